The number of aliphatic hydroxyl groups is 1. The average Bonchev–Trinajstić information content (AvgIpc) is 3.64. The summed E-state index contributed by atoms with van der Waals surface area (Å²) in [5.41, 5.74) is 1.73. The van der Waals surface area contributed by atoms with E-state index < -0.39 is 34.4 Å². The summed E-state index contributed by atoms with van der Waals surface area (Å²) < 4.78 is 51.6. The van der Waals surface area contributed by atoms with E-state index in [-0.39, 0.29) is 55.2 Å². The molecule has 3 heterocycles. The maximum atomic E-state index is 13.9. The molecule has 2 unspecified atom stereocenters. The van der Waals surface area contributed by atoms with Crippen LogP contribution >= 0.6 is 0 Å². The summed E-state index contributed by atoms with van der Waals surface area (Å²) in [5, 5.41) is 14.3. The van der Waals surface area contributed by atoms with E-state index in [9.17, 15) is 18.3 Å². The molecule has 224 valence electrons. The molecule has 0 spiro atoms. The van der Waals surface area contributed by atoms with Gasteiger partial charge in [0.1, 0.15) is 18.0 Å². The number of carbonyl (C=O) groups is 1. The van der Waals surface area contributed by atoms with Crippen LogP contribution < -0.4 is 10.1 Å². The largest absolute Gasteiger partial charge is 0.490 e. The number of nitrogens with zero attached hydrogens (tertiary/aromatic N) is 1. The normalized spacial score (nSPS) is 25.0. The molecule has 3 aliphatic heterocycles. The SMILES string of the molecule is CC(C)CN(C[C@@H](O)[C@H](Cc1ccccc1)NC(=O)OC1CO[C@H]2OCC[C@@H]12)S(=O)(=O)c1ccc2c(c1)CC(C)O2. The van der Waals surface area contributed by atoms with Crippen LogP contribution in [0.1, 0.15) is 38.3 Å². The highest BCUT2D eigenvalue weighted by atomic mass is 32.2. The van der Waals surface area contributed by atoms with Crippen LogP contribution in [0.5, 0.6) is 5.75 Å². The van der Waals surface area contributed by atoms with E-state index in [1.807, 2.05) is 51.1 Å². The summed E-state index contributed by atoms with van der Waals surface area (Å²) in [6.07, 6.45) is -1.04. The molecule has 0 saturated carbocycles. The van der Waals surface area contributed by atoms with Crippen LogP contribution in [-0.4, -0.2) is 80.9 Å². The molecule has 2 fully saturated rings. The minimum absolute atomic E-state index is 0.00389. The smallest absolute Gasteiger partial charge is 0.407 e. The highest BCUT2D eigenvalue weighted by Crippen LogP contribution is 2.33. The second-order valence-corrected chi connectivity index (χ2v) is 13.5. The molecule has 2 aromatic carbocycles. The van der Waals surface area contributed by atoms with E-state index >= 15 is 0 Å². The molecule has 0 aromatic heterocycles. The third-order valence-corrected chi connectivity index (χ3v) is 9.60. The molecule has 11 heteroatoms. The van der Waals surface area contributed by atoms with Gasteiger partial charge in [-0.15, -0.1) is 0 Å². The highest BCUT2D eigenvalue weighted by Gasteiger charge is 2.44. The number of hydrogen-bond acceptors (Lipinski definition) is 8. The van der Waals surface area contributed by atoms with Gasteiger partial charge in [0.05, 0.1) is 36.2 Å². The molecule has 5 rings (SSSR count). The van der Waals surface area contributed by atoms with Crippen molar-refractivity contribution >= 4 is 16.1 Å². The number of benzene rings is 2. The van der Waals surface area contributed by atoms with E-state index in [1.54, 1.807) is 18.2 Å². The van der Waals surface area contributed by atoms with Gasteiger partial charge in [0.15, 0.2) is 6.29 Å². The van der Waals surface area contributed by atoms with Crippen molar-refractivity contribution in [3.8, 4) is 5.75 Å². The van der Waals surface area contributed by atoms with Crippen molar-refractivity contribution in [2.75, 3.05) is 26.3 Å². The highest BCUT2D eigenvalue weighted by molar-refractivity contribution is 7.89. The van der Waals surface area contributed by atoms with Gasteiger partial charge in [-0.25, -0.2) is 13.2 Å². The minimum Gasteiger partial charge on any atom is -0.490 e. The fourth-order valence-electron chi connectivity index (χ4n) is 5.74. The second-order valence-electron chi connectivity index (χ2n) is 11.6. The van der Waals surface area contributed by atoms with Crippen LogP contribution in [0.2, 0.25) is 0 Å². The van der Waals surface area contributed by atoms with E-state index in [2.05, 4.69) is 5.32 Å². The predicted octanol–water partition coefficient (Wildman–Crippen LogP) is 3.12. The number of carbonyl (C=O) groups excluding carboxylic acids is 1. The van der Waals surface area contributed by atoms with Crippen LogP contribution in [-0.2, 0) is 37.1 Å². The summed E-state index contributed by atoms with van der Waals surface area (Å²) in [5.74, 6) is 0.676. The quantitative estimate of drug-likeness (QED) is 0.411. The Kier molecular flexibility index (Phi) is 9.20. The third-order valence-electron chi connectivity index (χ3n) is 7.77. The average molecular weight is 589 g/mol. The van der Waals surface area contributed by atoms with E-state index in [4.69, 9.17) is 18.9 Å². The predicted molar refractivity (Wildman–Crippen MR) is 151 cm³/mol. The molecule has 2 N–H and O–H groups in total. The van der Waals surface area contributed by atoms with Gasteiger partial charge in [0.2, 0.25) is 10.0 Å². The van der Waals surface area contributed by atoms with Gasteiger partial charge in [0.25, 0.3) is 0 Å². The number of ether oxygens (including phenoxy) is 4. The Labute approximate surface area is 242 Å². The van der Waals surface area contributed by atoms with Gasteiger partial charge in [-0.2, -0.15) is 4.31 Å². The topological polar surface area (TPSA) is 124 Å². The lowest BCUT2D eigenvalue weighted by Gasteiger charge is -2.31. The summed E-state index contributed by atoms with van der Waals surface area (Å²) in [6, 6.07) is 13.5. The van der Waals surface area contributed by atoms with Crippen LogP contribution in [0.4, 0.5) is 4.79 Å². The molecule has 1 amide bonds. The number of alkyl carbamates (subject to hydrolysis) is 1. The van der Waals surface area contributed by atoms with Crippen molar-refractivity contribution in [3.05, 3.63) is 59.7 Å². The molecule has 0 radical (unpaired) electrons. The minimum atomic E-state index is -3.95. The summed E-state index contributed by atoms with van der Waals surface area (Å²) in [6.45, 7) is 6.60. The maximum Gasteiger partial charge on any atom is 0.407 e. The molecule has 0 aliphatic carbocycles. The number of sulfonamides is 1. The zero-order valence-electron chi connectivity index (χ0n) is 23.8. The summed E-state index contributed by atoms with van der Waals surface area (Å²) in [7, 11) is -3.95. The van der Waals surface area contributed by atoms with Crippen LogP contribution in [0.15, 0.2) is 53.4 Å². The Hall–Kier alpha value is -2.70. The van der Waals surface area contributed by atoms with Crippen molar-refractivity contribution in [3.63, 3.8) is 0 Å². The number of amides is 1. The monoisotopic (exact) mass is 588 g/mol. The van der Waals surface area contributed by atoms with Crippen molar-refractivity contribution in [1.82, 2.24) is 9.62 Å². The lowest BCUT2D eigenvalue weighted by Crippen LogP contribution is -2.51. The van der Waals surface area contributed by atoms with Crippen LogP contribution in [0.3, 0.4) is 0 Å². The molecule has 6 atom stereocenters. The number of rotatable bonds is 11. The first kappa shape index (κ1) is 29.8. The number of nitrogens with one attached hydrogen (secondary N) is 1. The number of hydrogen-bond donors (Lipinski definition) is 2. The number of fused-ring (bicyclic) bond motifs is 2. The second kappa shape index (κ2) is 12.7. The van der Waals surface area contributed by atoms with Crippen LogP contribution in [0, 0.1) is 11.8 Å². The van der Waals surface area contributed by atoms with Crippen molar-refractivity contribution in [2.24, 2.45) is 11.8 Å². The Morgan fingerprint density at radius 2 is 1.93 bits per heavy atom. The lowest BCUT2D eigenvalue weighted by molar-refractivity contribution is -0.0907. The lowest BCUT2D eigenvalue weighted by atomic mass is 10.0. The maximum absolute atomic E-state index is 13.9. The van der Waals surface area contributed by atoms with E-state index in [0.29, 0.717) is 18.8 Å². The van der Waals surface area contributed by atoms with Gasteiger partial charge in [0, 0.05) is 19.5 Å². The zero-order valence-corrected chi connectivity index (χ0v) is 24.6. The fourth-order valence-corrected chi connectivity index (χ4v) is 7.42. The van der Waals surface area contributed by atoms with Crippen molar-refractivity contribution in [2.45, 2.75) is 75.6 Å². The molecule has 3 aliphatic rings. The molecule has 10 nitrogen and oxygen atoms in total. The zero-order chi connectivity index (χ0) is 29.1. The Morgan fingerprint density at radius 1 is 1.15 bits per heavy atom. The van der Waals surface area contributed by atoms with Gasteiger partial charge in [-0.05, 0) is 55.0 Å². The standard InChI is InChI=1S/C30H40N2O8S/c1-19(2)16-32(41(35,36)23-9-10-27-22(15-23)13-20(3)39-27)17-26(33)25(14-21-7-5-4-6-8-21)31-30(34)40-28-18-38-29-24(28)11-12-37-29/h4-10,15,19-20,24-26,28-29,33H,11-14,16-18H2,1-3H3,(H,31,34)/t20?,24-,25-,26+,28?,29+/m0/s1. The van der Waals surface area contributed by atoms with E-state index in [1.165, 1.54) is 4.31 Å². The van der Waals surface area contributed by atoms with Gasteiger partial charge < -0.3 is 29.4 Å². The van der Waals surface area contributed by atoms with Crippen molar-refractivity contribution in [1.29, 1.82) is 0 Å². The third kappa shape index (κ3) is 7.03. The Bertz CT molecular complexity index is 1300. The summed E-state index contributed by atoms with van der Waals surface area (Å²) in [4.78, 5) is 13.2. The molecular formula is C30H40N2O8S. The first-order valence-corrected chi connectivity index (χ1v) is 15.8. The first-order chi connectivity index (χ1) is 19.6. The Morgan fingerprint density at radius 3 is 2.68 bits per heavy atom. The molecule has 2 aromatic rings. The molecule has 2 saturated heterocycles. The Balaban J connectivity index is 1.33. The molecular weight excluding hydrogens is 548 g/mol. The number of aliphatic hydroxyl groups excluding tert-OH is 1. The van der Waals surface area contributed by atoms with Crippen LogP contribution in [0.25, 0.3) is 0 Å². The molecule has 0 bridgehead atoms. The summed E-state index contributed by atoms with van der Waals surface area (Å²) >= 11 is 0. The van der Waals surface area contributed by atoms with Gasteiger partial charge in [-0.3, -0.25) is 0 Å². The van der Waals surface area contributed by atoms with Gasteiger partial charge in [-0.1, -0.05) is 44.2 Å². The fraction of sp³-hybridized carbons (Fsp3) is 0.567. The van der Waals surface area contributed by atoms with Crippen molar-refractivity contribution < 1.29 is 37.3 Å². The van der Waals surface area contributed by atoms with Gasteiger partial charge >= 0.3 is 6.09 Å². The molecule has 41 heavy (non-hydrogen) atoms. The van der Waals surface area contributed by atoms with E-state index in [0.717, 1.165) is 17.5 Å². The first-order valence-electron chi connectivity index (χ1n) is 14.3.